The molecule has 4 rings (SSSR count). The Hall–Kier alpha value is -1.16. The standard InChI is InChI=1S/C17H23N3S/c1-4-8-18-15-13-10-6-5-7-12(10)21-16(13)20-14(19-15)11-9-17(11,2)3/h11H,4-9H2,1-3H3,(H,18,19,20). The molecule has 2 aliphatic carbocycles. The van der Waals surface area contributed by atoms with Crippen LogP contribution >= 0.6 is 11.3 Å². The maximum absolute atomic E-state index is 4.93. The van der Waals surface area contributed by atoms with Crippen molar-refractivity contribution in [1.29, 1.82) is 0 Å². The minimum Gasteiger partial charge on any atom is -0.369 e. The van der Waals surface area contributed by atoms with Gasteiger partial charge < -0.3 is 5.32 Å². The number of nitrogens with zero attached hydrogens (tertiary/aromatic N) is 2. The van der Waals surface area contributed by atoms with E-state index >= 15 is 0 Å². The van der Waals surface area contributed by atoms with Gasteiger partial charge in [0.15, 0.2) is 0 Å². The number of hydrogen-bond donors (Lipinski definition) is 1. The minimum atomic E-state index is 0.385. The third-order valence-electron chi connectivity index (χ3n) is 4.95. The Bertz CT molecular complexity index is 702. The molecule has 3 nitrogen and oxygen atoms in total. The Labute approximate surface area is 130 Å². The molecule has 0 aromatic carbocycles. The monoisotopic (exact) mass is 301 g/mol. The Morgan fingerprint density at radius 3 is 2.81 bits per heavy atom. The molecule has 4 heteroatoms. The molecule has 112 valence electrons. The van der Waals surface area contributed by atoms with Gasteiger partial charge in [-0.15, -0.1) is 11.3 Å². The molecule has 1 N–H and O–H groups in total. The van der Waals surface area contributed by atoms with Gasteiger partial charge >= 0.3 is 0 Å². The highest BCUT2D eigenvalue weighted by Gasteiger charge is 2.49. The van der Waals surface area contributed by atoms with Crippen molar-refractivity contribution in [2.24, 2.45) is 5.41 Å². The van der Waals surface area contributed by atoms with Crippen LogP contribution in [0.2, 0.25) is 0 Å². The van der Waals surface area contributed by atoms with Crippen LogP contribution in [0.5, 0.6) is 0 Å². The average Bonchev–Trinajstić information content (AvgIpc) is 2.79. The van der Waals surface area contributed by atoms with Gasteiger partial charge in [0.05, 0.1) is 5.39 Å². The van der Waals surface area contributed by atoms with E-state index in [4.69, 9.17) is 9.97 Å². The van der Waals surface area contributed by atoms with Crippen LogP contribution in [0.4, 0.5) is 5.82 Å². The molecule has 1 atom stereocenters. The first-order chi connectivity index (χ1) is 10.1. The molecular weight excluding hydrogens is 278 g/mol. The molecule has 0 aliphatic heterocycles. The smallest absolute Gasteiger partial charge is 0.138 e. The second kappa shape index (κ2) is 4.67. The number of thiophene rings is 1. The molecular formula is C17H23N3S. The third kappa shape index (κ3) is 2.15. The molecule has 2 heterocycles. The highest BCUT2D eigenvalue weighted by molar-refractivity contribution is 7.19. The number of rotatable bonds is 4. The van der Waals surface area contributed by atoms with E-state index in [9.17, 15) is 0 Å². The van der Waals surface area contributed by atoms with Gasteiger partial charge in [-0.1, -0.05) is 20.8 Å². The number of aromatic nitrogens is 2. The van der Waals surface area contributed by atoms with E-state index in [1.807, 2.05) is 11.3 Å². The van der Waals surface area contributed by atoms with Crippen LogP contribution < -0.4 is 5.32 Å². The van der Waals surface area contributed by atoms with Crippen molar-refractivity contribution in [2.75, 3.05) is 11.9 Å². The summed E-state index contributed by atoms with van der Waals surface area (Å²) in [4.78, 5) is 12.6. The molecule has 2 aromatic rings. The Morgan fingerprint density at radius 1 is 1.29 bits per heavy atom. The number of fused-ring (bicyclic) bond motifs is 3. The molecule has 0 amide bonds. The van der Waals surface area contributed by atoms with Gasteiger partial charge in [0.2, 0.25) is 0 Å². The summed E-state index contributed by atoms with van der Waals surface area (Å²) >= 11 is 1.90. The van der Waals surface area contributed by atoms with Crippen LogP contribution in [0.1, 0.15) is 62.2 Å². The van der Waals surface area contributed by atoms with E-state index in [1.165, 1.54) is 41.5 Å². The van der Waals surface area contributed by atoms with Crippen molar-refractivity contribution < 1.29 is 0 Å². The summed E-state index contributed by atoms with van der Waals surface area (Å²) in [7, 11) is 0. The number of nitrogens with one attached hydrogen (secondary N) is 1. The van der Waals surface area contributed by atoms with Crippen molar-refractivity contribution in [2.45, 2.75) is 58.8 Å². The van der Waals surface area contributed by atoms with E-state index in [-0.39, 0.29) is 0 Å². The van der Waals surface area contributed by atoms with E-state index < -0.39 is 0 Å². The van der Waals surface area contributed by atoms with Gasteiger partial charge in [0, 0.05) is 17.3 Å². The summed E-state index contributed by atoms with van der Waals surface area (Å²) in [5.41, 5.74) is 1.91. The Morgan fingerprint density at radius 2 is 2.10 bits per heavy atom. The van der Waals surface area contributed by atoms with Gasteiger partial charge in [-0.3, -0.25) is 0 Å². The van der Waals surface area contributed by atoms with Gasteiger partial charge in [-0.05, 0) is 43.1 Å². The lowest BCUT2D eigenvalue weighted by atomic mass is 10.1. The SMILES string of the molecule is CCCNc1nc(C2CC2(C)C)nc2sc3c(c12)CCC3. The molecule has 2 aliphatic rings. The fraction of sp³-hybridized carbons (Fsp3) is 0.647. The lowest BCUT2D eigenvalue weighted by Gasteiger charge is -2.10. The van der Waals surface area contributed by atoms with Crippen LogP contribution in [0.3, 0.4) is 0 Å². The van der Waals surface area contributed by atoms with Gasteiger partial charge in [-0.25, -0.2) is 9.97 Å². The van der Waals surface area contributed by atoms with Crippen LogP contribution in [-0.4, -0.2) is 16.5 Å². The zero-order valence-corrected chi connectivity index (χ0v) is 13.9. The van der Waals surface area contributed by atoms with Crippen molar-refractivity contribution in [3.8, 4) is 0 Å². The average molecular weight is 301 g/mol. The minimum absolute atomic E-state index is 0.385. The predicted molar refractivity (Wildman–Crippen MR) is 89.4 cm³/mol. The van der Waals surface area contributed by atoms with E-state index in [0.717, 1.165) is 24.6 Å². The summed E-state index contributed by atoms with van der Waals surface area (Å²) in [6.07, 6.45) is 6.07. The zero-order valence-electron chi connectivity index (χ0n) is 13.1. The number of aryl methyl sites for hydroxylation is 2. The van der Waals surface area contributed by atoms with Crippen LogP contribution in [0.15, 0.2) is 0 Å². The molecule has 21 heavy (non-hydrogen) atoms. The largest absolute Gasteiger partial charge is 0.369 e. The lowest BCUT2D eigenvalue weighted by Crippen LogP contribution is -2.06. The van der Waals surface area contributed by atoms with Crippen LogP contribution in [0.25, 0.3) is 10.2 Å². The van der Waals surface area contributed by atoms with Gasteiger partial charge in [0.25, 0.3) is 0 Å². The third-order valence-corrected chi connectivity index (χ3v) is 6.14. The van der Waals surface area contributed by atoms with Crippen molar-refractivity contribution in [3.63, 3.8) is 0 Å². The summed E-state index contributed by atoms with van der Waals surface area (Å²) in [5.74, 6) is 2.70. The number of hydrogen-bond acceptors (Lipinski definition) is 4. The first-order valence-electron chi connectivity index (χ1n) is 8.16. The zero-order chi connectivity index (χ0) is 14.6. The summed E-state index contributed by atoms with van der Waals surface area (Å²) in [6, 6.07) is 0. The molecule has 0 spiro atoms. The summed E-state index contributed by atoms with van der Waals surface area (Å²) < 4.78 is 0. The normalized spacial score (nSPS) is 22.5. The second-order valence-corrected chi connectivity index (χ2v) is 8.22. The quantitative estimate of drug-likeness (QED) is 0.902. The van der Waals surface area contributed by atoms with Crippen molar-refractivity contribution in [3.05, 3.63) is 16.3 Å². The second-order valence-electron chi connectivity index (χ2n) is 7.14. The summed E-state index contributed by atoms with van der Waals surface area (Å²) in [6.45, 7) is 7.83. The van der Waals surface area contributed by atoms with E-state index in [2.05, 4.69) is 26.1 Å². The highest BCUT2D eigenvalue weighted by Crippen LogP contribution is 2.58. The maximum Gasteiger partial charge on any atom is 0.138 e. The van der Waals surface area contributed by atoms with E-state index in [0.29, 0.717) is 11.3 Å². The fourth-order valence-electron chi connectivity index (χ4n) is 3.45. The van der Waals surface area contributed by atoms with Crippen molar-refractivity contribution in [1.82, 2.24) is 9.97 Å². The van der Waals surface area contributed by atoms with Crippen LogP contribution in [0, 0.1) is 5.41 Å². The molecule has 1 unspecified atom stereocenters. The first-order valence-corrected chi connectivity index (χ1v) is 8.98. The molecule has 1 fully saturated rings. The molecule has 1 saturated carbocycles. The number of anilines is 1. The summed E-state index contributed by atoms with van der Waals surface area (Å²) in [5, 5.41) is 4.88. The maximum atomic E-state index is 4.93. The lowest BCUT2D eigenvalue weighted by molar-refractivity contribution is 0.610. The Balaban J connectivity index is 1.84. The fourth-order valence-corrected chi connectivity index (χ4v) is 4.72. The highest BCUT2D eigenvalue weighted by atomic mass is 32.1. The Kier molecular flexibility index (Phi) is 3.00. The first kappa shape index (κ1) is 13.5. The predicted octanol–water partition coefficient (Wildman–Crippen LogP) is 4.52. The van der Waals surface area contributed by atoms with E-state index in [1.54, 1.807) is 4.88 Å². The molecule has 0 saturated heterocycles. The van der Waals surface area contributed by atoms with Gasteiger partial charge in [-0.2, -0.15) is 0 Å². The molecule has 0 radical (unpaired) electrons. The van der Waals surface area contributed by atoms with Gasteiger partial charge in [0.1, 0.15) is 16.5 Å². The molecule has 2 aromatic heterocycles. The van der Waals surface area contributed by atoms with Crippen molar-refractivity contribution >= 4 is 27.4 Å². The molecule has 0 bridgehead atoms. The topological polar surface area (TPSA) is 37.8 Å². The van der Waals surface area contributed by atoms with Crippen LogP contribution in [-0.2, 0) is 12.8 Å².